The second-order valence-corrected chi connectivity index (χ2v) is 13.0. The number of hydrogen-bond donors (Lipinski definition) is 4. The maximum Gasteiger partial charge on any atom is 0.481 e. The minimum Gasteiger partial charge on any atom is -0.404 e. The molecule has 1 unspecified atom stereocenters. The van der Waals surface area contributed by atoms with Crippen molar-refractivity contribution in [3.8, 4) is 0 Å². The van der Waals surface area contributed by atoms with Crippen molar-refractivity contribution in [2.24, 2.45) is 39.8 Å². The molecule has 0 radical (unpaired) electrons. The number of hydrogen-bond acceptors (Lipinski definition) is 8. The van der Waals surface area contributed by atoms with Gasteiger partial charge in [-0.1, -0.05) is 33.1 Å². The maximum atomic E-state index is 13.7. The summed E-state index contributed by atoms with van der Waals surface area (Å²) in [6.45, 7) is 11.9. The number of rotatable bonds is 12. The number of carbonyl (C=O) groups excluding carboxylic acids is 2. The first-order chi connectivity index (χ1) is 18.8. The van der Waals surface area contributed by atoms with Gasteiger partial charge in [-0.2, -0.15) is 0 Å². The third kappa shape index (κ3) is 6.54. The van der Waals surface area contributed by atoms with Crippen molar-refractivity contribution < 1.29 is 28.7 Å². The summed E-state index contributed by atoms with van der Waals surface area (Å²) in [4.78, 5) is 41.0. The average Bonchev–Trinajstić information content (AvgIpc) is 3.52. The van der Waals surface area contributed by atoms with Gasteiger partial charge in [-0.05, 0) is 68.6 Å². The lowest BCUT2D eigenvalue weighted by Gasteiger charge is -2.64. The van der Waals surface area contributed by atoms with Crippen LogP contribution in [0.15, 0.2) is 4.99 Å². The van der Waals surface area contributed by atoms with Crippen LogP contribution in [-0.4, -0.2) is 73.4 Å². The van der Waals surface area contributed by atoms with Crippen LogP contribution in [0.4, 0.5) is 0 Å². The van der Waals surface area contributed by atoms with E-state index in [1.54, 1.807) is 5.43 Å². The number of amides is 2. The van der Waals surface area contributed by atoms with E-state index in [9.17, 15) is 19.7 Å². The first-order valence-electron chi connectivity index (χ1n) is 14.5. The Morgan fingerprint density at radius 1 is 1.23 bits per heavy atom. The lowest BCUT2D eigenvalue weighted by molar-refractivity contribution is -0.525. The summed E-state index contributed by atoms with van der Waals surface area (Å²) in [5.41, 5.74) is 7.10. The molecule has 2 saturated heterocycles. The van der Waals surface area contributed by atoms with Gasteiger partial charge in [0.05, 0.1) is 30.2 Å². The zero-order chi connectivity index (χ0) is 29.2. The van der Waals surface area contributed by atoms with E-state index in [-0.39, 0.29) is 60.0 Å². The summed E-state index contributed by atoms with van der Waals surface area (Å²) >= 11 is 0. The van der Waals surface area contributed by atoms with Gasteiger partial charge in [0.15, 0.2) is 5.03 Å². The van der Waals surface area contributed by atoms with Crippen LogP contribution < -0.4 is 21.8 Å². The molecule has 3 aliphatic carbocycles. The zero-order valence-corrected chi connectivity index (χ0v) is 24.3. The lowest BCUT2D eigenvalue weighted by atomic mass is 9.43. The molecular weight excluding hydrogens is 519 g/mol. The van der Waals surface area contributed by atoms with Gasteiger partial charge in [0.2, 0.25) is 11.8 Å². The number of nitrogens with two attached hydrogens (primary N) is 1. The van der Waals surface area contributed by atoms with E-state index < -0.39 is 23.8 Å². The molecule has 5 rings (SSSR count). The van der Waals surface area contributed by atoms with Gasteiger partial charge in [0.1, 0.15) is 6.04 Å². The molecule has 0 aromatic heterocycles. The fourth-order valence-corrected chi connectivity index (χ4v) is 7.02. The number of ether oxygens (including phenoxy) is 1. The fraction of sp³-hybridized carbons (Fsp3) is 0.885. The minimum absolute atomic E-state index is 0.00481. The highest BCUT2D eigenvalue weighted by atomic mass is 16.7. The average molecular weight is 564 g/mol. The molecule has 0 aromatic carbocycles. The van der Waals surface area contributed by atoms with Crippen LogP contribution in [0, 0.1) is 39.2 Å². The van der Waals surface area contributed by atoms with Gasteiger partial charge in [-0.15, -0.1) is 0 Å². The third-order valence-corrected chi connectivity index (χ3v) is 9.42. The van der Waals surface area contributed by atoms with Crippen molar-refractivity contribution in [2.75, 3.05) is 19.8 Å². The SMILES string of the molecule is CC(C)C[C@H](NC(=O)[C@H](CCCN=C(N)N[N+](=O)[O-])NC(=O)C1CCOC1)B1O[C@@H]2C[C@H]3C[C@H](C3(C)C)[C@]2(C)O1. The molecule has 14 heteroatoms. The number of nitro groups is 1. The summed E-state index contributed by atoms with van der Waals surface area (Å²) in [7, 11) is -0.575. The number of nitrogens with zero attached hydrogens (tertiary/aromatic N) is 2. The van der Waals surface area contributed by atoms with Gasteiger partial charge >= 0.3 is 7.12 Å². The maximum absolute atomic E-state index is 13.7. The molecule has 2 bridgehead atoms. The van der Waals surface area contributed by atoms with Gasteiger partial charge in [-0.3, -0.25) is 9.59 Å². The Labute approximate surface area is 236 Å². The lowest BCUT2D eigenvalue weighted by Crippen LogP contribution is -2.65. The molecule has 5 N–H and O–H groups in total. The summed E-state index contributed by atoms with van der Waals surface area (Å²) in [6.07, 6.45) is 4.00. The van der Waals surface area contributed by atoms with E-state index in [0.29, 0.717) is 44.3 Å². The molecule has 0 aromatic rings. The smallest absolute Gasteiger partial charge is 0.404 e. The van der Waals surface area contributed by atoms with Crippen LogP contribution in [0.3, 0.4) is 0 Å². The van der Waals surface area contributed by atoms with E-state index in [4.69, 9.17) is 19.8 Å². The predicted molar refractivity (Wildman–Crippen MR) is 148 cm³/mol. The second-order valence-electron chi connectivity index (χ2n) is 13.0. The highest BCUT2D eigenvalue weighted by Gasteiger charge is 2.68. The van der Waals surface area contributed by atoms with E-state index in [1.165, 1.54) is 0 Å². The Morgan fingerprint density at radius 3 is 2.60 bits per heavy atom. The van der Waals surface area contributed by atoms with E-state index in [0.717, 1.165) is 12.8 Å². The molecule has 2 heterocycles. The van der Waals surface area contributed by atoms with E-state index in [2.05, 4.69) is 50.2 Å². The Bertz CT molecular complexity index is 991. The standard InChI is InChI=1S/C26H45BN6O7/c1-15(2)11-21(27-39-20-13-17-12-19(25(17,3)4)26(20,5)40-27)31-23(35)18(30-22(34)16-8-10-38-14-16)7-6-9-29-24(28)32-33(36)37/h15-21H,6-14H2,1-5H3,(H,30,34)(H,31,35)(H3,28,29,32)/t16?,17-,18+,19-,20-,21+,26+/m1/s1. The van der Waals surface area contributed by atoms with Crippen molar-refractivity contribution in [1.82, 2.24) is 16.1 Å². The topological polar surface area (TPSA) is 179 Å². The number of nitrogens with one attached hydrogen (secondary N) is 3. The monoisotopic (exact) mass is 564 g/mol. The van der Waals surface area contributed by atoms with Crippen molar-refractivity contribution in [3.63, 3.8) is 0 Å². The molecule has 3 saturated carbocycles. The number of guanidine groups is 1. The van der Waals surface area contributed by atoms with Crippen LogP contribution in [0.5, 0.6) is 0 Å². The first-order valence-corrected chi connectivity index (χ1v) is 14.5. The molecule has 7 atom stereocenters. The van der Waals surface area contributed by atoms with Gasteiger partial charge in [-0.25, -0.2) is 15.1 Å². The Morgan fingerprint density at radius 2 is 1.98 bits per heavy atom. The molecule has 0 spiro atoms. The van der Waals surface area contributed by atoms with Crippen LogP contribution in [0.1, 0.15) is 73.1 Å². The molecular formula is C26H45BN6O7. The predicted octanol–water partition coefficient (Wildman–Crippen LogP) is 1.18. The zero-order valence-electron chi connectivity index (χ0n) is 24.3. The Balaban J connectivity index is 1.43. The molecule has 5 fully saturated rings. The normalized spacial score (nSPS) is 32.1. The molecule has 2 aliphatic heterocycles. The first kappa shape index (κ1) is 30.5. The van der Waals surface area contributed by atoms with Crippen molar-refractivity contribution in [3.05, 3.63) is 10.1 Å². The largest absolute Gasteiger partial charge is 0.481 e. The van der Waals surface area contributed by atoms with Crippen LogP contribution >= 0.6 is 0 Å². The van der Waals surface area contributed by atoms with Crippen LogP contribution in [-0.2, 0) is 23.6 Å². The number of carbonyl (C=O) groups is 2. The minimum atomic E-state index is -0.825. The number of hydrazine groups is 1. The molecule has 13 nitrogen and oxygen atoms in total. The molecule has 224 valence electrons. The van der Waals surface area contributed by atoms with Gasteiger partial charge < -0.3 is 30.4 Å². The summed E-state index contributed by atoms with van der Waals surface area (Å²) < 4.78 is 18.5. The van der Waals surface area contributed by atoms with Crippen molar-refractivity contribution >= 4 is 24.9 Å². The second kappa shape index (κ2) is 12.2. The highest BCUT2D eigenvalue weighted by Crippen LogP contribution is 2.65. The third-order valence-electron chi connectivity index (χ3n) is 9.42. The quantitative estimate of drug-likeness (QED) is 0.0676. The summed E-state index contributed by atoms with van der Waals surface area (Å²) in [5.74, 6) is -0.272. The molecule has 40 heavy (non-hydrogen) atoms. The Kier molecular flexibility index (Phi) is 9.30. The van der Waals surface area contributed by atoms with Gasteiger partial charge in [0, 0.05) is 13.2 Å². The van der Waals surface area contributed by atoms with Crippen molar-refractivity contribution in [1.29, 1.82) is 0 Å². The Hall–Kier alpha value is -2.45. The highest BCUT2D eigenvalue weighted by molar-refractivity contribution is 6.48. The summed E-state index contributed by atoms with van der Waals surface area (Å²) in [5, 5.41) is 15.8. The van der Waals surface area contributed by atoms with Gasteiger partial charge in [0.25, 0.3) is 5.96 Å². The molecule has 2 amide bonds. The van der Waals surface area contributed by atoms with Crippen LogP contribution in [0.2, 0.25) is 0 Å². The number of aliphatic imine (C=N–C) groups is 1. The van der Waals surface area contributed by atoms with Crippen molar-refractivity contribution in [2.45, 2.75) is 96.8 Å². The molecule has 5 aliphatic rings. The van der Waals surface area contributed by atoms with E-state index in [1.807, 2.05) is 0 Å². The van der Waals surface area contributed by atoms with E-state index >= 15 is 0 Å². The fourth-order valence-electron chi connectivity index (χ4n) is 7.02. The summed E-state index contributed by atoms with van der Waals surface area (Å²) in [6, 6.07) is -0.825. The van der Waals surface area contributed by atoms with Crippen LogP contribution in [0.25, 0.3) is 0 Å².